The number of aryl methyl sites for hydroxylation is 1. The van der Waals surface area contributed by atoms with Crippen molar-refractivity contribution in [2.75, 3.05) is 5.32 Å². The molecular formula is C18H17NO4. The van der Waals surface area contributed by atoms with Gasteiger partial charge in [0, 0.05) is 11.3 Å². The van der Waals surface area contributed by atoms with Gasteiger partial charge in [0.1, 0.15) is 6.29 Å². The molecule has 5 heteroatoms. The molecule has 1 N–H and O–H groups in total. The highest BCUT2D eigenvalue weighted by molar-refractivity contribution is 5.97. The van der Waals surface area contributed by atoms with Gasteiger partial charge in [0.25, 0.3) is 5.91 Å². The van der Waals surface area contributed by atoms with Gasteiger partial charge >= 0.3 is 5.97 Å². The Hall–Kier alpha value is -2.95. The molecule has 0 aliphatic heterocycles. The number of nitrogens with one attached hydrogen (secondary N) is 1. The molecule has 0 heterocycles. The molecule has 2 rings (SSSR count). The quantitative estimate of drug-likeness (QED) is 0.680. The molecule has 2 aromatic carbocycles. The summed E-state index contributed by atoms with van der Waals surface area (Å²) in [5.41, 5.74) is 2.41. The summed E-state index contributed by atoms with van der Waals surface area (Å²) >= 11 is 0. The van der Waals surface area contributed by atoms with Crippen LogP contribution in [0.2, 0.25) is 0 Å². The zero-order valence-electron chi connectivity index (χ0n) is 12.9. The first kappa shape index (κ1) is 16.4. The van der Waals surface area contributed by atoms with E-state index in [1.807, 2.05) is 25.1 Å². The molecule has 0 fully saturated rings. The van der Waals surface area contributed by atoms with Crippen LogP contribution in [0.1, 0.15) is 33.2 Å². The highest BCUT2D eigenvalue weighted by Gasteiger charge is 2.19. The van der Waals surface area contributed by atoms with Crippen LogP contribution in [0.25, 0.3) is 0 Å². The Morgan fingerprint density at radius 1 is 1.13 bits per heavy atom. The monoisotopic (exact) mass is 311 g/mol. The zero-order valence-corrected chi connectivity index (χ0v) is 12.9. The van der Waals surface area contributed by atoms with Crippen LogP contribution in [0.3, 0.4) is 0 Å². The average molecular weight is 311 g/mol. The maximum absolute atomic E-state index is 12.1. The topological polar surface area (TPSA) is 72.5 Å². The average Bonchev–Trinajstić information content (AvgIpc) is 2.54. The van der Waals surface area contributed by atoms with Crippen LogP contribution in [-0.2, 0) is 9.53 Å². The van der Waals surface area contributed by atoms with Crippen LogP contribution in [0, 0.1) is 6.92 Å². The van der Waals surface area contributed by atoms with Crippen molar-refractivity contribution in [3.63, 3.8) is 0 Å². The second-order valence-corrected chi connectivity index (χ2v) is 5.15. The van der Waals surface area contributed by atoms with Crippen molar-refractivity contribution in [1.82, 2.24) is 0 Å². The van der Waals surface area contributed by atoms with E-state index in [1.54, 1.807) is 6.07 Å². The van der Waals surface area contributed by atoms with E-state index < -0.39 is 18.0 Å². The fourth-order valence-corrected chi connectivity index (χ4v) is 1.95. The summed E-state index contributed by atoms with van der Waals surface area (Å²) < 4.78 is 5.13. The number of esters is 1. The molecule has 23 heavy (non-hydrogen) atoms. The molecule has 0 spiro atoms. The van der Waals surface area contributed by atoms with Gasteiger partial charge in [-0.15, -0.1) is 0 Å². The predicted octanol–water partition coefficient (Wildman–Crippen LogP) is 2.99. The first-order valence-corrected chi connectivity index (χ1v) is 7.13. The van der Waals surface area contributed by atoms with Crippen LogP contribution in [0.15, 0.2) is 48.5 Å². The van der Waals surface area contributed by atoms with E-state index in [2.05, 4.69) is 5.32 Å². The third kappa shape index (κ3) is 4.51. The van der Waals surface area contributed by atoms with Gasteiger partial charge in [0.05, 0.1) is 5.56 Å². The predicted molar refractivity (Wildman–Crippen MR) is 86.5 cm³/mol. The smallest absolute Gasteiger partial charge is 0.338 e. The largest absolute Gasteiger partial charge is 0.449 e. The fourth-order valence-electron chi connectivity index (χ4n) is 1.95. The molecule has 0 saturated heterocycles. The van der Waals surface area contributed by atoms with Gasteiger partial charge in [-0.2, -0.15) is 0 Å². The normalized spacial score (nSPS) is 11.4. The summed E-state index contributed by atoms with van der Waals surface area (Å²) in [6.45, 7) is 3.42. The van der Waals surface area contributed by atoms with Crippen LogP contribution in [0.4, 0.5) is 5.69 Å². The van der Waals surface area contributed by atoms with Crippen molar-refractivity contribution in [2.24, 2.45) is 0 Å². The lowest BCUT2D eigenvalue weighted by atomic mass is 10.1. The van der Waals surface area contributed by atoms with E-state index in [4.69, 9.17) is 4.74 Å². The first-order valence-electron chi connectivity index (χ1n) is 7.13. The molecule has 1 atom stereocenters. The van der Waals surface area contributed by atoms with Gasteiger partial charge in [0.15, 0.2) is 6.10 Å². The minimum atomic E-state index is -0.936. The number of hydrogen-bond acceptors (Lipinski definition) is 4. The minimum absolute atomic E-state index is 0.283. The second kappa shape index (κ2) is 7.35. The Morgan fingerprint density at radius 3 is 2.43 bits per heavy atom. The number of benzene rings is 2. The van der Waals surface area contributed by atoms with E-state index in [0.29, 0.717) is 17.5 Å². The van der Waals surface area contributed by atoms with Crippen molar-refractivity contribution in [3.05, 3.63) is 65.2 Å². The van der Waals surface area contributed by atoms with Gasteiger partial charge in [-0.25, -0.2) is 4.79 Å². The van der Waals surface area contributed by atoms with Gasteiger partial charge in [-0.1, -0.05) is 24.3 Å². The summed E-state index contributed by atoms with van der Waals surface area (Å²) in [6.07, 6.45) is -0.249. The number of ether oxygens (including phenoxy) is 1. The summed E-state index contributed by atoms with van der Waals surface area (Å²) in [5, 5.41) is 2.70. The Kier molecular flexibility index (Phi) is 5.25. The number of hydrogen-bond donors (Lipinski definition) is 1. The van der Waals surface area contributed by atoms with E-state index >= 15 is 0 Å². The van der Waals surface area contributed by atoms with Gasteiger partial charge in [-0.05, 0) is 43.7 Å². The number of anilines is 1. The summed E-state index contributed by atoms with van der Waals surface area (Å²) in [4.78, 5) is 34.6. The molecule has 0 saturated carbocycles. The number of aldehydes is 1. The maximum Gasteiger partial charge on any atom is 0.338 e. The molecule has 0 aliphatic carbocycles. The Balaban J connectivity index is 1.96. The molecule has 0 unspecified atom stereocenters. The van der Waals surface area contributed by atoms with Crippen LogP contribution in [0.5, 0.6) is 0 Å². The SMILES string of the molecule is Cc1cccc(NC(=O)[C@@H](C)OC(=O)c2ccc(C=O)cc2)c1. The minimum Gasteiger partial charge on any atom is -0.449 e. The van der Waals surface area contributed by atoms with Crippen molar-refractivity contribution in [2.45, 2.75) is 20.0 Å². The van der Waals surface area contributed by atoms with Crippen LogP contribution < -0.4 is 5.32 Å². The molecular weight excluding hydrogens is 294 g/mol. The van der Waals surface area contributed by atoms with Crippen molar-refractivity contribution in [1.29, 1.82) is 0 Å². The molecule has 0 aromatic heterocycles. The molecule has 0 radical (unpaired) electrons. The van der Waals surface area contributed by atoms with Gasteiger partial charge < -0.3 is 10.1 Å². The lowest BCUT2D eigenvalue weighted by Crippen LogP contribution is -2.30. The number of carbonyl (C=O) groups excluding carboxylic acids is 3. The summed E-state index contributed by atoms with van der Waals surface area (Å²) in [6, 6.07) is 13.3. The van der Waals surface area contributed by atoms with E-state index in [-0.39, 0.29) is 5.56 Å². The summed E-state index contributed by atoms with van der Waals surface area (Å²) in [7, 11) is 0. The molecule has 1 amide bonds. The second-order valence-electron chi connectivity index (χ2n) is 5.15. The lowest BCUT2D eigenvalue weighted by molar-refractivity contribution is -0.123. The number of carbonyl (C=O) groups is 3. The fraction of sp³-hybridized carbons (Fsp3) is 0.167. The lowest BCUT2D eigenvalue weighted by Gasteiger charge is -2.14. The first-order chi connectivity index (χ1) is 11.0. The van der Waals surface area contributed by atoms with Gasteiger partial charge in [-0.3, -0.25) is 9.59 Å². The number of rotatable bonds is 5. The third-order valence-corrected chi connectivity index (χ3v) is 3.22. The molecule has 5 nitrogen and oxygen atoms in total. The van der Waals surface area contributed by atoms with Crippen molar-refractivity contribution < 1.29 is 19.1 Å². The van der Waals surface area contributed by atoms with E-state index in [1.165, 1.54) is 31.2 Å². The van der Waals surface area contributed by atoms with Gasteiger partial charge in [0.2, 0.25) is 0 Å². The van der Waals surface area contributed by atoms with Crippen LogP contribution in [-0.4, -0.2) is 24.3 Å². The molecule has 0 bridgehead atoms. The van der Waals surface area contributed by atoms with Crippen molar-refractivity contribution in [3.8, 4) is 0 Å². The Bertz CT molecular complexity index is 722. The maximum atomic E-state index is 12.1. The zero-order chi connectivity index (χ0) is 16.8. The Labute approximate surface area is 134 Å². The van der Waals surface area contributed by atoms with E-state index in [9.17, 15) is 14.4 Å². The third-order valence-electron chi connectivity index (χ3n) is 3.22. The standard InChI is InChI=1S/C18H17NO4/c1-12-4-3-5-16(10-12)19-17(21)13(2)23-18(22)15-8-6-14(11-20)7-9-15/h3-11,13H,1-2H3,(H,19,21)/t13-/m1/s1. The molecule has 2 aromatic rings. The van der Waals surface area contributed by atoms with Crippen molar-refractivity contribution >= 4 is 23.9 Å². The number of amides is 1. The highest BCUT2D eigenvalue weighted by Crippen LogP contribution is 2.11. The van der Waals surface area contributed by atoms with Crippen LogP contribution >= 0.6 is 0 Å². The summed E-state index contributed by atoms with van der Waals surface area (Å²) in [5.74, 6) is -1.03. The highest BCUT2D eigenvalue weighted by atomic mass is 16.5. The van der Waals surface area contributed by atoms with E-state index in [0.717, 1.165) is 5.56 Å². The Morgan fingerprint density at radius 2 is 1.83 bits per heavy atom. The molecule has 0 aliphatic rings. The molecule has 118 valence electrons.